The minimum atomic E-state index is -0.325. The summed E-state index contributed by atoms with van der Waals surface area (Å²) in [6, 6.07) is 16.9. The van der Waals surface area contributed by atoms with Gasteiger partial charge in [-0.15, -0.1) is 0 Å². The van der Waals surface area contributed by atoms with E-state index in [0.29, 0.717) is 23.4 Å². The van der Waals surface area contributed by atoms with Gasteiger partial charge in [-0.3, -0.25) is 9.59 Å². The third-order valence-electron chi connectivity index (χ3n) is 4.47. The van der Waals surface area contributed by atoms with Crippen molar-refractivity contribution in [2.24, 2.45) is 0 Å². The summed E-state index contributed by atoms with van der Waals surface area (Å²) in [6.07, 6.45) is 0. The second-order valence-electron chi connectivity index (χ2n) is 7.05. The van der Waals surface area contributed by atoms with Crippen LogP contribution in [0.25, 0.3) is 11.0 Å². The second-order valence-corrected chi connectivity index (χ2v) is 7.05. The van der Waals surface area contributed by atoms with Gasteiger partial charge in [0.05, 0.1) is 6.54 Å². The highest BCUT2D eigenvalue weighted by atomic mass is 16.5. The largest absolute Gasteiger partial charge is 0.489 e. The Bertz CT molecular complexity index is 979. The van der Waals surface area contributed by atoms with Gasteiger partial charge >= 0.3 is 0 Å². The SMILES string of the molecule is CCN(CC(=O)NC(C)C)C(=O)c1oc2ccccc2c1COc1ccccc1. The summed E-state index contributed by atoms with van der Waals surface area (Å²) in [4.78, 5) is 26.8. The summed E-state index contributed by atoms with van der Waals surface area (Å²) in [7, 11) is 0. The van der Waals surface area contributed by atoms with Crippen LogP contribution in [0.15, 0.2) is 59.0 Å². The lowest BCUT2D eigenvalue weighted by Crippen LogP contribution is -2.42. The number of hydrogen-bond acceptors (Lipinski definition) is 4. The molecule has 0 bridgehead atoms. The number of carbonyl (C=O) groups is 2. The summed E-state index contributed by atoms with van der Waals surface area (Å²) in [5, 5.41) is 3.64. The summed E-state index contributed by atoms with van der Waals surface area (Å²) in [5.74, 6) is 0.392. The zero-order valence-electron chi connectivity index (χ0n) is 17.0. The van der Waals surface area contributed by atoms with Crippen molar-refractivity contribution in [3.05, 3.63) is 65.9 Å². The first-order valence-electron chi connectivity index (χ1n) is 9.76. The highest BCUT2D eigenvalue weighted by Crippen LogP contribution is 2.28. The van der Waals surface area contributed by atoms with Crippen LogP contribution in [0.4, 0.5) is 0 Å². The molecule has 0 aliphatic carbocycles. The van der Waals surface area contributed by atoms with E-state index in [1.807, 2.05) is 75.4 Å². The molecule has 0 radical (unpaired) electrons. The molecule has 0 aliphatic rings. The standard InChI is InChI=1S/C23H26N2O4/c1-4-25(14-21(26)24-16(2)3)23(27)22-19(15-28-17-10-6-5-7-11-17)18-12-8-9-13-20(18)29-22/h5-13,16H,4,14-15H2,1-3H3,(H,24,26). The molecule has 2 amide bonds. The predicted octanol–water partition coefficient (Wildman–Crippen LogP) is 4.00. The Morgan fingerprint density at radius 1 is 1.07 bits per heavy atom. The van der Waals surface area contributed by atoms with Crippen LogP contribution in [0.3, 0.4) is 0 Å². The number of furan rings is 1. The van der Waals surface area contributed by atoms with Gasteiger partial charge in [0.2, 0.25) is 5.91 Å². The van der Waals surface area contributed by atoms with E-state index in [2.05, 4.69) is 5.32 Å². The Morgan fingerprint density at radius 2 is 1.76 bits per heavy atom. The molecule has 6 nitrogen and oxygen atoms in total. The molecule has 1 heterocycles. The fourth-order valence-electron chi connectivity index (χ4n) is 3.10. The Labute approximate surface area is 170 Å². The molecule has 2 aromatic carbocycles. The second kappa shape index (κ2) is 9.28. The number of likely N-dealkylation sites (N-methyl/N-ethyl adjacent to an activating group) is 1. The van der Waals surface area contributed by atoms with E-state index in [0.717, 1.165) is 5.39 Å². The van der Waals surface area contributed by atoms with Crippen LogP contribution in [0.5, 0.6) is 5.75 Å². The van der Waals surface area contributed by atoms with E-state index in [1.54, 1.807) is 0 Å². The zero-order chi connectivity index (χ0) is 20.8. The van der Waals surface area contributed by atoms with E-state index in [1.165, 1.54) is 4.90 Å². The van der Waals surface area contributed by atoms with Gasteiger partial charge in [-0.2, -0.15) is 0 Å². The van der Waals surface area contributed by atoms with Crippen molar-refractivity contribution in [3.63, 3.8) is 0 Å². The summed E-state index contributed by atoms with van der Waals surface area (Å²) >= 11 is 0. The Kier molecular flexibility index (Phi) is 6.54. The smallest absolute Gasteiger partial charge is 0.290 e. The van der Waals surface area contributed by atoms with Crippen molar-refractivity contribution in [1.29, 1.82) is 0 Å². The summed E-state index contributed by atoms with van der Waals surface area (Å²) < 4.78 is 11.8. The maximum absolute atomic E-state index is 13.2. The van der Waals surface area contributed by atoms with E-state index in [9.17, 15) is 9.59 Å². The number of nitrogens with one attached hydrogen (secondary N) is 1. The molecule has 29 heavy (non-hydrogen) atoms. The number of carbonyl (C=O) groups excluding carboxylic acids is 2. The first kappa shape index (κ1) is 20.5. The van der Waals surface area contributed by atoms with Crippen LogP contribution in [-0.2, 0) is 11.4 Å². The van der Waals surface area contributed by atoms with Gasteiger partial charge in [0.25, 0.3) is 5.91 Å². The fourth-order valence-corrected chi connectivity index (χ4v) is 3.10. The highest BCUT2D eigenvalue weighted by molar-refractivity contribution is 6.00. The van der Waals surface area contributed by atoms with E-state index in [-0.39, 0.29) is 36.8 Å². The van der Waals surface area contributed by atoms with Crippen LogP contribution < -0.4 is 10.1 Å². The molecule has 0 unspecified atom stereocenters. The van der Waals surface area contributed by atoms with Crippen molar-refractivity contribution in [2.45, 2.75) is 33.4 Å². The van der Waals surface area contributed by atoms with Gasteiger partial charge in [-0.1, -0.05) is 36.4 Å². The lowest BCUT2D eigenvalue weighted by Gasteiger charge is -2.20. The van der Waals surface area contributed by atoms with Gasteiger partial charge < -0.3 is 19.4 Å². The number of benzene rings is 2. The third kappa shape index (κ3) is 4.96. The molecular weight excluding hydrogens is 368 g/mol. The molecule has 0 aliphatic heterocycles. The van der Waals surface area contributed by atoms with Crippen LogP contribution in [0, 0.1) is 0 Å². The molecule has 0 saturated carbocycles. The van der Waals surface area contributed by atoms with Crippen LogP contribution in [-0.4, -0.2) is 35.8 Å². The number of ether oxygens (including phenoxy) is 1. The van der Waals surface area contributed by atoms with E-state index >= 15 is 0 Å². The zero-order valence-corrected chi connectivity index (χ0v) is 17.0. The molecule has 3 rings (SSSR count). The van der Waals surface area contributed by atoms with Crippen LogP contribution >= 0.6 is 0 Å². The van der Waals surface area contributed by atoms with Crippen molar-refractivity contribution >= 4 is 22.8 Å². The third-order valence-corrected chi connectivity index (χ3v) is 4.47. The predicted molar refractivity (Wildman–Crippen MR) is 112 cm³/mol. The minimum absolute atomic E-state index is 0.0114. The molecule has 1 aromatic heterocycles. The number of para-hydroxylation sites is 2. The molecule has 0 fully saturated rings. The van der Waals surface area contributed by atoms with Crippen molar-refractivity contribution < 1.29 is 18.7 Å². The van der Waals surface area contributed by atoms with Crippen molar-refractivity contribution in [3.8, 4) is 5.75 Å². The van der Waals surface area contributed by atoms with Gasteiger partial charge in [-0.05, 0) is 39.0 Å². The molecule has 152 valence electrons. The Balaban J connectivity index is 1.88. The van der Waals surface area contributed by atoms with Gasteiger partial charge in [0.1, 0.15) is 17.9 Å². The highest BCUT2D eigenvalue weighted by Gasteiger charge is 2.26. The lowest BCUT2D eigenvalue weighted by atomic mass is 10.1. The van der Waals surface area contributed by atoms with Crippen molar-refractivity contribution in [1.82, 2.24) is 10.2 Å². The first-order chi connectivity index (χ1) is 14.0. The van der Waals surface area contributed by atoms with Gasteiger partial charge in [0.15, 0.2) is 5.76 Å². The maximum atomic E-state index is 13.2. The number of amides is 2. The summed E-state index contributed by atoms with van der Waals surface area (Å²) in [6.45, 7) is 6.16. The van der Waals surface area contributed by atoms with Crippen LogP contribution in [0.1, 0.15) is 36.9 Å². The Morgan fingerprint density at radius 3 is 2.45 bits per heavy atom. The van der Waals surface area contributed by atoms with Crippen LogP contribution in [0.2, 0.25) is 0 Å². The topological polar surface area (TPSA) is 71.8 Å². The fraction of sp³-hybridized carbons (Fsp3) is 0.304. The van der Waals surface area contributed by atoms with E-state index < -0.39 is 0 Å². The molecule has 0 saturated heterocycles. The average molecular weight is 394 g/mol. The number of hydrogen-bond donors (Lipinski definition) is 1. The quantitative estimate of drug-likeness (QED) is 0.627. The van der Waals surface area contributed by atoms with E-state index in [4.69, 9.17) is 9.15 Å². The molecule has 0 spiro atoms. The first-order valence-corrected chi connectivity index (χ1v) is 9.76. The van der Waals surface area contributed by atoms with Crippen molar-refractivity contribution in [2.75, 3.05) is 13.1 Å². The summed E-state index contributed by atoms with van der Waals surface area (Å²) in [5.41, 5.74) is 1.29. The molecular formula is C23H26N2O4. The maximum Gasteiger partial charge on any atom is 0.290 e. The molecule has 0 atom stereocenters. The number of fused-ring (bicyclic) bond motifs is 1. The number of rotatable bonds is 8. The van der Waals surface area contributed by atoms with Gasteiger partial charge in [0, 0.05) is 23.5 Å². The minimum Gasteiger partial charge on any atom is -0.489 e. The van der Waals surface area contributed by atoms with Gasteiger partial charge in [-0.25, -0.2) is 0 Å². The normalized spacial score (nSPS) is 10.9. The monoisotopic (exact) mass is 394 g/mol. The molecule has 3 aromatic rings. The number of nitrogens with zero attached hydrogens (tertiary/aromatic N) is 1. The molecule has 1 N–H and O–H groups in total. The Hall–Kier alpha value is -3.28. The average Bonchev–Trinajstić information content (AvgIpc) is 3.09. The lowest BCUT2D eigenvalue weighted by molar-refractivity contribution is -0.122. The molecule has 6 heteroatoms.